The Morgan fingerprint density at radius 1 is 1.24 bits per heavy atom. The van der Waals surface area contributed by atoms with E-state index < -0.39 is 6.09 Å². The lowest BCUT2D eigenvalue weighted by Gasteiger charge is -2.17. The maximum absolute atomic E-state index is 11.7. The zero-order valence-electron chi connectivity index (χ0n) is 10.8. The maximum Gasteiger partial charge on any atom is 0.418 e. The molecule has 0 fully saturated rings. The maximum atomic E-state index is 11.7. The molecule has 0 aliphatic carbocycles. The number of pyridine rings is 1. The molecule has 1 aromatic heterocycles. The average molecular weight is 285 g/mol. The molecule has 3 rings (SSSR count). The molecule has 2 N–H and O–H groups in total. The number of hydrogen-bond donors (Lipinski definition) is 2. The molecule has 1 aliphatic heterocycles. The molecular weight excluding hydrogens is 274 g/mol. The largest absolute Gasteiger partial charge is 0.480 e. The van der Waals surface area contributed by atoms with Gasteiger partial charge in [-0.25, -0.2) is 9.78 Å². The number of nitrogens with one attached hydrogen (secondary N) is 2. The van der Waals surface area contributed by atoms with Crippen molar-refractivity contribution in [3.05, 3.63) is 42.5 Å². The van der Waals surface area contributed by atoms with Gasteiger partial charge >= 0.3 is 6.09 Å². The molecule has 106 valence electrons. The van der Waals surface area contributed by atoms with Crippen molar-refractivity contribution in [1.82, 2.24) is 4.98 Å². The van der Waals surface area contributed by atoms with Gasteiger partial charge in [0.15, 0.2) is 18.2 Å². The van der Waals surface area contributed by atoms with Crippen LogP contribution in [-0.4, -0.2) is 23.6 Å². The van der Waals surface area contributed by atoms with E-state index in [1.54, 1.807) is 36.4 Å². The highest BCUT2D eigenvalue weighted by molar-refractivity contribution is 5.95. The number of anilines is 2. The van der Waals surface area contributed by atoms with Gasteiger partial charge in [0.1, 0.15) is 11.6 Å². The van der Waals surface area contributed by atoms with Gasteiger partial charge in [0.05, 0.1) is 0 Å². The smallest absolute Gasteiger partial charge is 0.418 e. The number of nitrogens with zero attached hydrogens (tertiary/aromatic N) is 1. The molecule has 0 saturated carbocycles. The molecule has 2 aromatic rings. The highest BCUT2D eigenvalue weighted by atomic mass is 16.6. The average Bonchev–Trinajstić information content (AvgIpc) is 2.47. The monoisotopic (exact) mass is 285 g/mol. The number of benzene rings is 1. The van der Waals surface area contributed by atoms with Crippen molar-refractivity contribution in [1.29, 1.82) is 0 Å². The molecule has 0 unspecified atom stereocenters. The Balaban J connectivity index is 1.69. The van der Waals surface area contributed by atoms with Gasteiger partial charge < -0.3 is 14.8 Å². The van der Waals surface area contributed by atoms with E-state index >= 15 is 0 Å². The second-order valence-electron chi connectivity index (χ2n) is 4.21. The van der Waals surface area contributed by atoms with Crippen LogP contribution in [0.1, 0.15) is 0 Å². The van der Waals surface area contributed by atoms with Gasteiger partial charge in [-0.3, -0.25) is 10.1 Å². The Bertz CT molecular complexity index is 688. The summed E-state index contributed by atoms with van der Waals surface area (Å²) in [5.74, 6) is 1.10. The third kappa shape index (κ3) is 3.08. The first kappa shape index (κ1) is 12.9. The summed E-state index contributed by atoms with van der Waals surface area (Å²) in [6.45, 7) is -0.0441. The van der Waals surface area contributed by atoms with Crippen LogP contribution < -0.4 is 20.1 Å². The number of hydrogen-bond acceptors (Lipinski definition) is 5. The summed E-state index contributed by atoms with van der Waals surface area (Å²) in [4.78, 5) is 27.0. The lowest BCUT2D eigenvalue weighted by Crippen LogP contribution is -2.26. The molecule has 21 heavy (non-hydrogen) atoms. The Morgan fingerprint density at radius 2 is 2.05 bits per heavy atom. The highest BCUT2D eigenvalue weighted by Crippen LogP contribution is 2.26. The van der Waals surface area contributed by atoms with Crippen LogP contribution >= 0.6 is 0 Å². The number of para-hydroxylation sites is 1. The number of aromatic nitrogens is 1. The van der Waals surface area contributed by atoms with Crippen molar-refractivity contribution in [3.63, 3.8) is 0 Å². The second kappa shape index (κ2) is 5.49. The van der Waals surface area contributed by atoms with Crippen LogP contribution in [0.5, 0.6) is 11.5 Å². The fourth-order valence-corrected chi connectivity index (χ4v) is 1.76. The predicted octanol–water partition coefficient (Wildman–Crippen LogP) is 2.02. The molecule has 0 radical (unpaired) electrons. The van der Waals surface area contributed by atoms with E-state index in [2.05, 4.69) is 15.6 Å². The van der Waals surface area contributed by atoms with Gasteiger partial charge in [-0.1, -0.05) is 18.2 Å². The fourth-order valence-electron chi connectivity index (χ4n) is 1.76. The van der Waals surface area contributed by atoms with Crippen LogP contribution in [0, 0.1) is 0 Å². The van der Waals surface area contributed by atoms with E-state index in [1.165, 1.54) is 0 Å². The molecular formula is C14H11N3O4. The van der Waals surface area contributed by atoms with Crippen LogP contribution in [0.15, 0.2) is 42.5 Å². The van der Waals surface area contributed by atoms with Crippen molar-refractivity contribution < 1.29 is 19.1 Å². The summed E-state index contributed by atoms with van der Waals surface area (Å²) in [6, 6.07) is 11.8. The molecule has 1 aliphatic rings. The van der Waals surface area contributed by atoms with E-state index in [1.807, 2.05) is 6.07 Å². The first-order chi connectivity index (χ1) is 10.2. The lowest BCUT2D eigenvalue weighted by molar-refractivity contribution is -0.118. The predicted molar refractivity (Wildman–Crippen MR) is 74.5 cm³/mol. The topological polar surface area (TPSA) is 89.5 Å². The van der Waals surface area contributed by atoms with Gasteiger partial charge in [-0.2, -0.15) is 0 Å². The number of ether oxygens (including phenoxy) is 2. The number of carbonyl (C=O) groups is 2. The fraction of sp³-hybridized carbons (Fsp3) is 0.0714. The van der Waals surface area contributed by atoms with Crippen molar-refractivity contribution >= 4 is 23.6 Å². The first-order valence-electron chi connectivity index (χ1n) is 6.18. The van der Waals surface area contributed by atoms with E-state index in [0.717, 1.165) is 0 Å². The third-order valence-electron chi connectivity index (χ3n) is 2.66. The summed E-state index contributed by atoms with van der Waals surface area (Å²) in [5.41, 5.74) is 0. The van der Waals surface area contributed by atoms with Gasteiger partial charge in [-0.05, 0) is 24.3 Å². The molecule has 2 heterocycles. The minimum absolute atomic E-state index is 0.0441. The second-order valence-corrected chi connectivity index (χ2v) is 4.21. The number of fused-ring (bicyclic) bond motifs is 1. The highest BCUT2D eigenvalue weighted by Gasteiger charge is 2.18. The molecule has 2 amide bonds. The Morgan fingerprint density at radius 3 is 2.86 bits per heavy atom. The standard InChI is InChI=1S/C14H11N3O4/c18-12-8-20-10-6-7-11(15-13(10)17-12)16-14(19)21-9-4-2-1-3-5-9/h1-7H,8H2,(H2,15,16,17,18,19). The van der Waals surface area contributed by atoms with Crippen molar-refractivity contribution in [2.75, 3.05) is 17.2 Å². The van der Waals surface area contributed by atoms with Crippen LogP contribution in [0.2, 0.25) is 0 Å². The van der Waals surface area contributed by atoms with Gasteiger partial charge in [0.2, 0.25) is 0 Å². The van der Waals surface area contributed by atoms with E-state index in [4.69, 9.17) is 9.47 Å². The summed E-state index contributed by atoms with van der Waals surface area (Å²) >= 11 is 0. The minimum atomic E-state index is -0.670. The van der Waals surface area contributed by atoms with E-state index in [9.17, 15) is 9.59 Å². The van der Waals surface area contributed by atoms with Crippen LogP contribution in [-0.2, 0) is 4.79 Å². The van der Waals surface area contributed by atoms with Crippen LogP contribution in [0.4, 0.5) is 16.4 Å². The summed E-state index contributed by atoms with van der Waals surface area (Å²) in [6.07, 6.45) is -0.670. The Hall–Kier alpha value is -3.09. The van der Waals surface area contributed by atoms with Crippen molar-refractivity contribution in [2.45, 2.75) is 0 Å². The normalized spacial score (nSPS) is 12.7. The lowest BCUT2D eigenvalue weighted by atomic mass is 10.3. The molecule has 1 aromatic carbocycles. The van der Waals surface area contributed by atoms with E-state index in [-0.39, 0.29) is 24.1 Å². The number of amides is 2. The zero-order valence-corrected chi connectivity index (χ0v) is 10.8. The summed E-state index contributed by atoms with van der Waals surface area (Å²) in [7, 11) is 0. The summed E-state index contributed by atoms with van der Waals surface area (Å²) in [5, 5.41) is 5.03. The molecule has 0 spiro atoms. The summed E-state index contributed by atoms with van der Waals surface area (Å²) < 4.78 is 10.2. The van der Waals surface area contributed by atoms with Gasteiger partial charge in [0, 0.05) is 0 Å². The van der Waals surface area contributed by atoms with Crippen molar-refractivity contribution in [3.8, 4) is 11.5 Å². The quantitative estimate of drug-likeness (QED) is 0.881. The Labute approximate surface area is 119 Å². The van der Waals surface area contributed by atoms with Crippen molar-refractivity contribution in [2.24, 2.45) is 0 Å². The minimum Gasteiger partial charge on any atom is -0.480 e. The molecule has 0 atom stereocenters. The first-order valence-corrected chi connectivity index (χ1v) is 6.18. The molecule has 0 saturated heterocycles. The molecule has 7 heteroatoms. The van der Waals surface area contributed by atoms with E-state index in [0.29, 0.717) is 11.5 Å². The SMILES string of the molecule is O=C1COc2ccc(NC(=O)Oc3ccccc3)nc2N1. The third-order valence-corrected chi connectivity index (χ3v) is 2.66. The van der Waals surface area contributed by atoms with Crippen LogP contribution in [0.3, 0.4) is 0 Å². The Kier molecular flexibility index (Phi) is 3.38. The zero-order chi connectivity index (χ0) is 14.7. The molecule has 0 bridgehead atoms. The number of carbonyl (C=O) groups excluding carboxylic acids is 2. The van der Waals surface area contributed by atoms with Crippen LogP contribution in [0.25, 0.3) is 0 Å². The molecule has 7 nitrogen and oxygen atoms in total. The van der Waals surface area contributed by atoms with Gasteiger partial charge in [0.25, 0.3) is 5.91 Å². The van der Waals surface area contributed by atoms with Gasteiger partial charge in [-0.15, -0.1) is 0 Å². The number of rotatable bonds is 2.